The van der Waals surface area contributed by atoms with Crippen LogP contribution < -0.4 is 5.32 Å². The molecule has 2 aromatic rings. The van der Waals surface area contributed by atoms with Crippen LogP contribution in [-0.4, -0.2) is 13.1 Å². The molecule has 1 N–H and O–H groups in total. The van der Waals surface area contributed by atoms with Crippen LogP contribution in [0.5, 0.6) is 0 Å². The Morgan fingerprint density at radius 2 is 1.55 bits per heavy atom. The van der Waals surface area contributed by atoms with E-state index < -0.39 is 0 Å². The van der Waals surface area contributed by atoms with E-state index in [1.807, 2.05) is 19.2 Å². The van der Waals surface area contributed by atoms with Gasteiger partial charge in [-0.2, -0.15) is 0 Å². The molecule has 1 nitrogen and oxygen atoms in total. The Hall–Kier alpha value is -1.26. The minimum absolute atomic E-state index is 0.0463. The Morgan fingerprint density at radius 1 is 0.950 bits per heavy atom. The molecule has 4 heteroatoms. The van der Waals surface area contributed by atoms with Crippen LogP contribution >= 0.6 is 15.9 Å². The number of rotatable bonds is 5. The van der Waals surface area contributed by atoms with Crippen molar-refractivity contribution in [1.29, 1.82) is 0 Å². The van der Waals surface area contributed by atoms with Gasteiger partial charge in [0.15, 0.2) is 0 Å². The highest BCUT2D eigenvalue weighted by Crippen LogP contribution is 2.22. The predicted molar refractivity (Wildman–Crippen MR) is 80.8 cm³/mol. The van der Waals surface area contributed by atoms with E-state index >= 15 is 0 Å². The zero-order valence-corrected chi connectivity index (χ0v) is 12.8. The Bertz CT molecular complexity index is 586. The summed E-state index contributed by atoms with van der Waals surface area (Å²) in [5, 5.41) is 3.16. The zero-order chi connectivity index (χ0) is 14.5. The maximum Gasteiger partial charge on any atom is 0.137 e. The quantitative estimate of drug-likeness (QED) is 0.864. The van der Waals surface area contributed by atoms with Crippen molar-refractivity contribution < 1.29 is 8.78 Å². The summed E-state index contributed by atoms with van der Waals surface area (Å²) in [7, 11) is 1.83. The van der Waals surface area contributed by atoms with Gasteiger partial charge in [0.2, 0.25) is 0 Å². The molecule has 0 radical (unpaired) electrons. The van der Waals surface area contributed by atoms with Crippen molar-refractivity contribution in [3.8, 4) is 0 Å². The number of hydrogen-bond donors (Lipinski definition) is 1. The minimum atomic E-state index is -0.275. The van der Waals surface area contributed by atoms with Crippen LogP contribution in [0.25, 0.3) is 0 Å². The van der Waals surface area contributed by atoms with Crippen LogP contribution in [0.1, 0.15) is 11.1 Å². The largest absolute Gasteiger partial charge is 0.316 e. The summed E-state index contributed by atoms with van der Waals surface area (Å²) in [6.45, 7) is 0. The van der Waals surface area contributed by atoms with Crippen LogP contribution in [0, 0.1) is 11.6 Å². The first kappa shape index (κ1) is 15.1. The molecular formula is C16H16BrF2N. The second-order valence-electron chi connectivity index (χ2n) is 4.70. The molecule has 0 aromatic heterocycles. The average molecular weight is 340 g/mol. The van der Waals surface area contributed by atoms with Gasteiger partial charge >= 0.3 is 0 Å². The van der Waals surface area contributed by atoms with Crippen LogP contribution in [0.3, 0.4) is 0 Å². The summed E-state index contributed by atoms with van der Waals surface area (Å²) in [6.07, 6.45) is 1.19. The summed E-state index contributed by atoms with van der Waals surface area (Å²) in [5.41, 5.74) is 1.54. The summed E-state index contributed by atoms with van der Waals surface area (Å²) in [4.78, 5) is 0. The van der Waals surface area contributed by atoms with Crippen molar-refractivity contribution in [2.24, 2.45) is 0 Å². The zero-order valence-electron chi connectivity index (χ0n) is 11.2. The highest BCUT2D eigenvalue weighted by molar-refractivity contribution is 9.10. The lowest BCUT2D eigenvalue weighted by molar-refractivity contribution is 0.529. The standard InChI is InChI=1S/C16H16BrF2N/c1-20-13(9-11-5-2-3-7-14(11)18)10-12-6-4-8-15(19)16(12)17/h2-8,13,20H,9-10H2,1H3. The minimum Gasteiger partial charge on any atom is -0.316 e. The second kappa shape index (κ2) is 6.95. The molecule has 0 aliphatic carbocycles. The van der Waals surface area contributed by atoms with Gasteiger partial charge < -0.3 is 5.32 Å². The molecule has 0 heterocycles. The fraction of sp³-hybridized carbons (Fsp3) is 0.250. The van der Waals surface area contributed by atoms with Gasteiger partial charge in [0.05, 0.1) is 4.47 Å². The maximum atomic E-state index is 13.7. The van der Waals surface area contributed by atoms with Crippen molar-refractivity contribution >= 4 is 15.9 Å². The lowest BCUT2D eigenvalue weighted by atomic mass is 9.99. The first-order chi connectivity index (χ1) is 9.61. The number of nitrogens with one attached hydrogen (secondary N) is 1. The normalized spacial score (nSPS) is 12.4. The van der Waals surface area contributed by atoms with Crippen LogP contribution in [0.15, 0.2) is 46.9 Å². The molecule has 0 amide bonds. The Labute approximate surface area is 126 Å². The smallest absolute Gasteiger partial charge is 0.137 e. The van der Waals surface area contributed by atoms with E-state index in [2.05, 4.69) is 21.2 Å². The molecule has 0 aliphatic heterocycles. The molecule has 1 atom stereocenters. The monoisotopic (exact) mass is 339 g/mol. The number of hydrogen-bond acceptors (Lipinski definition) is 1. The maximum absolute atomic E-state index is 13.7. The molecule has 0 bridgehead atoms. The van der Waals surface area contributed by atoms with E-state index in [9.17, 15) is 8.78 Å². The van der Waals surface area contributed by atoms with E-state index in [1.54, 1.807) is 18.2 Å². The molecule has 106 valence electrons. The summed E-state index contributed by atoms with van der Waals surface area (Å²) >= 11 is 3.26. The summed E-state index contributed by atoms with van der Waals surface area (Å²) in [6, 6.07) is 11.8. The highest BCUT2D eigenvalue weighted by Gasteiger charge is 2.14. The second-order valence-corrected chi connectivity index (χ2v) is 5.49. The lowest BCUT2D eigenvalue weighted by Crippen LogP contribution is -2.30. The molecule has 0 aliphatic rings. The lowest BCUT2D eigenvalue weighted by Gasteiger charge is -2.17. The van der Waals surface area contributed by atoms with Gasteiger partial charge in [-0.15, -0.1) is 0 Å². The number of likely N-dealkylation sites (N-methyl/N-ethyl adjacent to an activating group) is 1. The van der Waals surface area contributed by atoms with Gasteiger partial charge in [-0.05, 0) is 59.1 Å². The van der Waals surface area contributed by atoms with Crippen molar-refractivity contribution in [3.05, 3.63) is 69.7 Å². The van der Waals surface area contributed by atoms with Crippen molar-refractivity contribution in [3.63, 3.8) is 0 Å². The molecular weight excluding hydrogens is 324 g/mol. The topological polar surface area (TPSA) is 12.0 Å². The van der Waals surface area contributed by atoms with Gasteiger partial charge in [-0.1, -0.05) is 30.3 Å². The van der Waals surface area contributed by atoms with E-state index in [0.717, 1.165) is 5.56 Å². The van der Waals surface area contributed by atoms with Crippen LogP contribution in [-0.2, 0) is 12.8 Å². The molecule has 0 saturated heterocycles. The SMILES string of the molecule is CNC(Cc1ccccc1F)Cc1cccc(F)c1Br. The predicted octanol–water partition coefficient (Wildman–Crippen LogP) is 4.10. The van der Waals surface area contributed by atoms with Crippen LogP contribution in [0.2, 0.25) is 0 Å². The van der Waals surface area contributed by atoms with E-state index in [-0.39, 0.29) is 17.7 Å². The van der Waals surface area contributed by atoms with E-state index in [0.29, 0.717) is 22.9 Å². The average Bonchev–Trinajstić information content (AvgIpc) is 2.45. The van der Waals surface area contributed by atoms with Crippen molar-refractivity contribution in [2.45, 2.75) is 18.9 Å². The van der Waals surface area contributed by atoms with Gasteiger partial charge in [0.1, 0.15) is 11.6 Å². The third kappa shape index (κ3) is 3.64. The number of benzene rings is 2. The van der Waals surface area contributed by atoms with Crippen molar-refractivity contribution in [2.75, 3.05) is 7.05 Å². The highest BCUT2D eigenvalue weighted by atomic mass is 79.9. The molecule has 0 spiro atoms. The first-order valence-corrected chi connectivity index (χ1v) is 7.24. The van der Waals surface area contributed by atoms with Crippen molar-refractivity contribution in [1.82, 2.24) is 5.32 Å². The Kier molecular flexibility index (Phi) is 5.26. The number of halogens is 3. The van der Waals surface area contributed by atoms with Crippen LogP contribution in [0.4, 0.5) is 8.78 Å². The fourth-order valence-corrected chi connectivity index (χ4v) is 2.60. The van der Waals surface area contributed by atoms with Gasteiger partial charge in [-0.25, -0.2) is 8.78 Å². The molecule has 2 rings (SSSR count). The fourth-order valence-electron chi connectivity index (χ4n) is 2.18. The van der Waals surface area contributed by atoms with Gasteiger partial charge in [-0.3, -0.25) is 0 Å². The Balaban J connectivity index is 2.14. The van der Waals surface area contributed by atoms with Gasteiger partial charge in [0.25, 0.3) is 0 Å². The third-order valence-corrected chi connectivity index (χ3v) is 4.22. The van der Waals surface area contributed by atoms with E-state index in [1.165, 1.54) is 12.1 Å². The summed E-state index contributed by atoms with van der Waals surface area (Å²) in [5.74, 6) is -0.477. The molecule has 2 aromatic carbocycles. The molecule has 0 fully saturated rings. The summed E-state index contributed by atoms with van der Waals surface area (Å²) < 4.78 is 27.6. The molecule has 20 heavy (non-hydrogen) atoms. The molecule has 1 unspecified atom stereocenters. The third-order valence-electron chi connectivity index (χ3n) is 3.33. The van der Waals surface area contributed by atoms with Gasteiger partial charge in [0, 0.05) is 6.04 Å². The van der Waals surface area contributed by atoms with E-state index in [4.69, 9.17) is 0 Å². The molecule has 0 saturated carbocycles. The first-order valence-electron chi connectivity index (χ1n) is 6.45. The Morgan fingerprint density at radius 3 is 2.25 bits per heavy atom.